The molecule has 0 N–H and O–H groups in total. The number of carbonyl (C=O) groups excluding carboxylic acids is 1. The fourth-order valence-electron chi connectivity index (χ4n) is 3.35. The van der Waals surface area contributed by atoms with E-state index in [0.29, 0.717) is 30.3 Å². The van der Waals surface area contributed by atoms with Gasteiger partial charge in [0.25, 0.3) is 5.91 Å². The third kappa shape index (κ3) is 3.06. The van der Waals surface area contributed by atoms with E-state index in [9.17, 15) is 4.79 Å². The molecule has 5 heterocycles. The van der Waals surface area contributed by atoms with Crippen molar-refractivity contribution >= 4 is 17.4 Å². The molecule has 0 aromatic carbocycles. The van der Waals surface area contributed by atoms with E-state index in [0.717, 1.165) is 11.4 Å². The number of nitrogens with zero attached hydrogens (tertiary/aromatic N) is 8. The maximum Gasteiger partial charge on any atom is 0.272 e. The Hall–Kier alpha value is -3.88. The minimum atomic E-state index is -0.0728. The normalized spacial score (nSPS) is 14.0. The molecule has 5 rings (SSSR count). The van der Waals surface area contributed by atoms with Crippen molar-refractivity contribution in [3.05, 3.63) is 66.7 Å². The van der Waals surface area contributed by atoms with Crippen LogP contribution < -0.4 is 4.90 Å². The molecule has 0 unspecified atom stereocenters. The average Bonchev–Trinajstić information content (AvgIpc) is 3.17. The Morgan fingerprint density at radius 1 is 1.07 bits per heavy atom. The van der Waals surface area contributed by atoms with Gasteiger partial charge >= 0.3 is 0 Å². The Kier molecular flexibility index (Phi) is 4.12. The highest BCUT2D eigenvalue weighted by Crippen LogP contribution is 2.24. The van der Waals surface area contributed by atoms with Crippen molar-refractivity contribution in [3.8, 4) is 11.4 Å². The fourth-order valence-corrected chi connectivity index (χ4v) is 3.35. The molecule has 1 amide bonds. The second-order valence-electron chi connectivity index (χ2n) is 6.92. The van der Waals surface area contributed by atoms with Gasteiger partial charge in [-0.05, 0) is 36.4 Å². The molecule has 0 aliphatic carbocycles. The van der Waals surface area contributed by atoms with E-state index in [1.165, 1.54) is 0 Å². The first-order valence-corrected chi connectivity index (χ1v) is 9.27. The Labute approximate surface area is 166 Å². The second-order valence-corrected chi connectivity index (χ2v) is 6.92. The molecule has 0 spiro atoms. The maximum absolute atomic E-state index is 12.6. The lowest BCUT2D eigenvalue weighted by Gasteiger charge is -2.44. The number of anilines is 1. The van der Waals surface area contributed by atoms with Crippen LogP contribution in [-0.2, 0) is 0 Å². The smallest absolute Gasteiger partial charge is 0.272 e. The molecule has 0 atom stereocenters. The van der Waals surface area contributed by atoms with Crippen molar-refractivity contribution in [2.75, 3.05) is 25.0 Å². The standard InChI is InChI=1S/C20H18N8O/c1-26(20(29)16-6-2-3-10-22-16)15-12-27(13-15)18-8-7-17-23-24-19(28(17)25-18)14-5-4-9-21-11-14/h2-11,15H,12-13H2,1H3. The van der Waals surface area contributed by atoms with Crippen LogP contribution >= 0.6 is 0 Å². The van der Waals surface area contributed by atoms with Gasteiger partial charge in [-0.15, -0.1) is 15.3 Å². The third-order valence-electron chi connectivity index (χ3n) is 5.11. The van der Waals surface area contributed by atoms with Gasteiger partial charge in [-0.1, -0.05) is 6.07 Å². The lowest BCUT2D eigenvalue weighted by Crippen LogP contribution is -2.60. The van der Waals surface area contributed by atoms with Crippen molar-refractivity contribution in [2.24, 2.45) is 0 Å². The first kappa shape index (κ1) is 17.2. The number of hydrogen-bond donors (Lipinski definition) is 0. The minimum absolute atomic E-state index is 0.0728. The number of fused-ring (bicyclic) bond motifs is 1. The molecule has 1 saturated heterocycles. The van der Waals surface area contributed by atoms with Crippen LogP contribution in [0.2, 0.25) is 0 Å². The second kappa shape index (κ2) is 6.93. The summed E-state index contributed by atoms with van der Waals surface area (Å²) in [6.45, 7) is 1.41. The van der Waals surface area contributed by atoms with Crippen LogP contribution in [0, 0.1) is 0 Å². The Morgan fingerprint density at radius 3 is 2.72 bits per heavy atom. The lowest BCUT2D eigenvalue weighted by molar-refractivity contribution is 0.0699. The first-order valence-electron chi connectivity index (χ1n) is 9.27. The highest BCUT2D eigenvalue weighted by molar-refractivity contribution is 5.92. The Morgan fingerprint density at radius 2 is 1.97 bits per heavy atom. The summed E-state index contributed by atoms with van der Waals surface area (Å²) in [5.41, 5.74) is 1.98. The zero-order chi connectivity index (χ0) is 19.8. The lowest BCUT2D eigenvalue weighted by atomic mass is 10.1. The predicted octanol–water partition coefficient (Wildman–Crippen LogP) is 1.54. The van der Waals surface area contributed by atoms with E-state index in [1.54, 1.807) is 40.1 Å². The van der Waals surface area contributed by atoms with Gasteiger partial charge in [-0.2, -0.15) is 4.52 Å². The largest absolute Gasteiger partial charge is 0.351 e. The molecule has 1 aliphatic rings. The van der Waals surface area contributed by atoms with Crippen LogP contribution in [0.25, 0.3) is 17.0 Å². The molecule has 29 heavy (non-hydrogen) atoms. The van der Waals surface area contributed by atoms with E-state index in [2.05, 4.69) is 25.1 Å². The highest BCUT2D eigenvalue weighted by Gasteiger charge is 2.34. The molecule has 4 aromatic heterocycles. The van der Waals surface area contributed by atoms with Crippen LogP contribution in [0.4, 0.5) is 5.82 Å². The van der Waals surface area contributed by atoms with Crippen molar-refractivity contribution in [2.45, 2.75) is 6.04 Å². The van der Waals surface area contributed by atoms with E-state index < -0.39 is 0 Å². The molecule has 0 bridgehead atoms. The van der Waals surface area contributed by atoms with E-state index >= 15 is 0 Å². The number of rotatable bonds is 4. The predicted molar refractivity (Wildman–Crippen MR) is 106 cm³/mol. The summed E-state index contributed by atoms with van der Waals surface area (Å²) in [4.78, 5) is 24.7. The number of likely N-dealkylation sites (N-methyl/N-ethyl adjacent to an activating group) is 1. The maximum atomic E-state index is 12.6. The van der Waals surface area contributed by atoms with E-state index in [-0.39, 0.29) is 11.9 Å². The van der Waals surface area contributed by atoms with Gasteiger partial charge in [0.1, 0.15) is 11.5 Å². The zero-order valence-corrected chi connectivity index (χ0v) is 15.8. The monoisotopic (exact) mass is 386 g/mol. The molecule has 144 valence electrons. The van der Waals surface area contributed by atoms with Gasteiger partial charge < -0.3 is 9.80 Å². The van der Waals surface area contributed by atoms with Crippen molar-refractivity contribution < 1.29 is 4.79 Å². The SMILES string of the molecule is CN(C(=O)c1ccccn1)C1CN(c2ccc3nnc(-c4cccnc4)n3n2)C1. The summed E-state index contributed by atoms with van der Waals surface area (Å²) < 4.78 is 1.72. The molecule has 9 heteroatoms. The molecule has 1 aliphatic heterocycles. The molecular weight excluding hydrogens is 368 g/mol. The van der Waals surface area contributed by atoms with Gasteiger partial charge in [0, 0.05) is 44.3 Å². The average molecular weight is 386 g/mol. The van der Waals surface area contributed by atoms with Gasteiger partial charge in [0.05, 0.1) is 6.04 Å². The molecule has 0 radical (unpaired) electrons. The van der Waals surface area contributed by atoms with E-state index in [1.807, 2.05) is 37.4 Å². The number of hydrogen-bond acceptors (Lipinski definition) is 7. The minimum Gasteiger partial charge on any atom is -0.351 e. The fraction of sp³-hybridized carbons (Fsp3) is 0.200. The van der Waals surface area contributed by atoms with Crippen LogP contribution in [0.15, 0.2) is 61.1 Å². The van der Waals surface area contributed by atoms with Gasteiger partial charge in [0.15, 0.2) is 11.5 Å². The van der Waals surface area contributed by atoms with Crippen molar-refractivity contribution in [3.63, 3.8) is 0 Å². The number of pyridine rings is 2. The van der Waals surface area contributed by atoms with Gasteiger partial charge in [-0.25, -0.2) is 0 Å². The molecular formula is C20H18N8O. The quantitative estimate of drug-likeness (QED) is 0.525. The Bertz CT molecular complexity index is 1160. The summed E-state index contributed by atoms with van der Waals surface area (Å²) in [5, 5.41) is 13.1. The third-order valence-corrected chi connectivity index (χ3v) is 5.11. The van der Waals surface area contributed by atoms with Gasteiger partial charge in [0.2, 0.25) is 0 Å². The zero-order valence-electron chi connectivity index (χ0n) is 15.8. The van der Waals surface area contributed by atoms with Crippen LogP contribution in [0.5, 0.6) is 0 Å². The Balaban J connectivity index is 1.33. The summed E-state index contributed by atoms with van der Waals surface area (Å²) in [5.74, 6) is 1.39. The van der Waals surface area contributed by atoms with Crippen LogP contribution in [0.1, 0.15) is 10.5 Å². The van der Waals surface area contributed by atoms with Crippen LogP contribution in [0.3, 0.4) is 0 Å². The van der Waals surface area contributed by atoms with E-state index in [4.69, 9.17) is 5.10 Å². The molecule has 0 saturated carbocycles. The molecule has 1 fully saturated rings. The van der Waals surface area contributed by atoms with Crippen molar-refractivity contribution in [1.29, 1.82) is 0 Å². The summed E-state index contributed by atoms with van der Waals surface area (Å²) in [6, 6.07) is 13.1. The summed E-state index contributed by atoms with van der Waals surface area (Å²) >= 11 is 0. The van der Waals surface area contributed by atoms with Gasteiger partial charge in [-0.3, -0.25) is 14.8 Å². The number of aromatic nitrogens is 6. The summed E-state index contributed by atoms with van der Waals surface area (Å²) in [7, 11) is 1.82. The van der Waals surface area contributed by atoms with Crippen LogP contribution in [-0.4, -0.2) is 66.8 Å². The summed E-state index contributed by atoms with van der Waals surface area (Å²) in [6.07, 6.45) is 5.09. The topological polar surface area (TPSA) is 92.4 Å². The number of amides is 1. The van der Waals surface area contributed by atoms with Crippen molar-refractivity contribution in [1.82, 2.24) is 34.7 Å². The number of carbonyl (C=O) groups is 1. The molecule has 4 aromatic rings. The highest BCUT2D eigenvalue weighted by atomic mass is 16.2. The molecule has 9 nitrogen and oxygen atoms in total. The first-order chi connectivity index (χ1) is 14.2.